The van der Waals surface area contributed by atoms with E-state index in [1.54, 1.807) is 13.8 Å². The minimum absolute atomic E-state index is 0.256. The molecule has 0 bridgehead atoms. The predicted octanol–water partition coefficient (Wildman–Crippen LogP) is -1.21. The molecule has 1 fully saturated rings. The molecular weight excluding hydrogens is 250 g/mol. The maximum Gasteiger partial charge on any atom is 0.249 e. The number of aliphatic hydroxyl groups is 2. The highest BCUT2D eigenvalue weighted by molar-refractivity contribution is 5.81. The van der Waals surface area contributed by atoms with Gasteiger partial charge < -0.3 is 25.4 Å². The second-order valence-corrected chi connectivity index (χ2v) is 5.94. The van der Waals surface area contributed by atoms with Gasteiger partial charge in [0.15, 0.2) is 0 Å². The van der Waals surface area contributed by atoms with Crippen LogP contribution in [0, 0.1) is 11.3 Å². The number of amides is 1. The topological polar surface area (TPSA) is 110 Å². The van der Waals surface area contributed by atoms with Crippen molar-refractivity contribution >= 4 is 11.9 Å². The second-order valence-electron chi connectivity index (χ2n) is 5.94. The Morgan fingerprint density at radius 1 is 1.42 bits per heavy atom. The van der Waals surface area contributed by atoms with Crippen molar-refractivity contribution in [2.24, 2.45) is 11.3 Å². The maximum absolute atomic E-state index is 11.9. The highest BCUT2D eigenvalue weighted by Gasteiger charge is 2.34. The molecule has 0 aromatic carbocycles. The molecule has 0 aromatic heterocycles. The lowest BCUT2D eigenvalue weighted by Gasteiger charge is -2.33. The lowest BCUT2D eigenvalue weighted by atomic mass is 9.84. The summed E-state index contributed by atoms with van der Waals surface area (Å²) in [7, 11) is 0. The van der Waals surface area contributed by atoms with Crippen LogP contribution in [-0.2, 0) is 9.59 Å². The van der Waals surface area contributed by atoms with Gasteiger partial charge in [-0.1, -0.05) is 20.3 Å². The molecule has 0 saturated heterocycles. The van der Waals surface area contributed by atoms with Gasteiger partial charge in [0, 0.05) is 23.3 Å². The summed E-state index contributed by atoms with van der Waals surface area (Å²) in [4.78, 5) is 22.7. The van der Waals surface area contributed by atoms with Gasteiger partial charge in [-0.2, -0.15) is 0 Å². The first-order valence-corrected chi connectivity index (χ1v) is 6.58. The van der Waals surface area contributed by atoms with Crippen molar-refractivity contribution in [1.29, 1.82) is 0 Å². The van der Waals surface area contributed by atoms with Crippen LogP contribution in [0.3, 0.4) is 0 Å². The molecule has 0 aromatic rings. The Hall–Kier alpha value is -1.14. The van der Waals surface area contributed by atoms with Crippen molar-refractivity contribution in [2.45, 2.75) is 51.7 Å². The number of carboxylic acid groups (broad SMARTS) is 1. The molecule has 1 amide bonds. The molecule has 6 heteroatoms. The van der Waals surface area contributed by atoms with Gasteiger partial charge in [-0.05, 0) is 19.3 Å². The highest BCUT2D eigenvalue weighted by atomic mass is 16.4. The molecule has 1 rings (SSSR count). The van der Waals surface area contributed by atoms with E-state index in [1.807, 2.05) is 0 Å². The van der Waals surface area contributed by atoms with Crippen molar-refractivity contribution in [3.8, 4) is 0 Å². The Morgan fingerprint density at radius 3 is 2.58 bits per heavy atom. The number of aliphatic hydroxyl groups excluding tert-OH is 2. The van der Waals surface area contributed by atoms with E-state index in [0.717, 1.165) is 0 Å². The van der Waals surface area contributed by atoms with Crippen molar-refractivity contribution in [3.05, 3.63) is 0 Å². The van der Waals surface area contributed by atoms with Crippen LogP contribution in [0.5, 0.6) is 0 Å². The smallest absolute Gasteiger partial charge is 0.249 e. The van der Waals surface area contributed by atoms with Crippen LogP contribution < -0.4 is 10.4 Å². The molecule has 3 N–H and O–H groups in total. The van der Waals surface area contributed by atoms with Gasteiger partial charge in [-0.3, -0.25) is 4.79 Å². The number of aliphatic carboxylic acids is 1. The van der Waals surface area contributed by atoms with E-state index in [1.165, 1.54) is 0 Å². The summed E-state index contributed by atoms with van der Waals surface area (Å²) in [6.07, 6.45) is 0.991. The summed E-state index contributed by atoms with van der Waals surface area (Å²) in [5.74, 6) is -2.19. The van der Waals surface area contributed by atoms with Gasteiger partial charge in [0.2, 0.25) is 5.91 Å². The van der Waals surface area contributed by atoms with Crippen LogP contribution >= 0.6 is 0 Å². The van der Waals surface area contributed by atoms with Crippen molar-refractivity contribution in [3.63, 3.8) is 0 Å². The Morgan fingerprint density at radius 2 is 2.05 bits per heavy atom. The number of carboxylic acids is 1. The third-order valence-electron chi connectivity index (χ3n) is 3.75. The molecule has 3 atom stereocenters. The molecule has 0 spiro atoms. The van der Waals surface area contributed by atoms with Crippen LogP contribution in [0.4, 0.5) is 0 Å². The summed E-state index contributed by atoms with van der Waals surface area (Å²) in [6, 6.07) is -0.256. The number of hydrogen-bond donors (Lipinski definition) is 3. The van der Waals surface area contributed by atoms with Crippen LogP contribution in [0.25, 0.3) is 0 Å². The van der Waals surface area contributed by atoms with Gasteiger partial charge in [-0.25, -0.2) is 0 Å². The first kappa shape index (κ1) is 15.9. The van der Waals surface area contributed by atoms with Crippen molar-refractivity contribution in [1.82, 2.24) is 5.32 Å². The summed E-state index contributed by atoms with van der Waals surface area (Å²) < 4.78 is 0. The number of hydrogen-bond acceptors (Lipinski definition) is 5. The number of carbonyl (C=O) groups excluding carboxylic acids is 2. The molecular formula is C13H22NO5-. The van der Waals surface area contributed by atoms with E-state index in [4.69, 9.17) is 5.11 Å². The van der Waals surface area contributed by atoms with Crippen molar-refractivity contribution in [2.75, 3.05) is 6.61 Å². The highest BCUT2D eigenvalue weighted by Crippen LogP contribution is 2.25. The Bertz CT molecular complexity index is 342. The zero-order chi connectivity index (χ0) is 14.6. The van der Waals surface area contributed by atoms with Gasteiger partial charge in [0.05, 0.1) is 6.61 Å². The molecule has 1 aliphatic rings. The average Bonchev–Trinajstić information content (AvgIpc) is 2.38. The normalized spacial score (nSPS) is 25.7. The average molecular weight is 272 g/mol. The Kier molecular flexibility index (Phi) is 5.31. The minimum atomic E-state index is -1.32. The lowest BCUT2D eigenvalue weighted by Crippen LogP contribution is -2.50. The zero-order valence-corrected chi connectivity index (χ0v) is 11.4. The van der Waals surface area contributed by atoms with Gasteiger partial charge >= 0.3 is 0 Å². The molecule has 0 aliphatic heterocycles. The fourth-order valence-corrected chi connectivity index (χ4v) is 2.26. The van der Waals surface area contributed by atoms with Crippen LogP contribution in [0.2, 0.25) is 0 Å². The molecule has 19 heavy (non-hydrogen) atoms. The third-order valence-corrected chi connectivity index (χ3v) is 3.75. The molecule has 0 unspecified atom stereocenters. The molecule has 0 heterocycles. The van der Waals surface area contributed by atoms with Gasteiger partial charge in [-0.15, -0.1) is 0 Å². The molecule has 1 saturated carbocycles. The van der Waals surface area contributed by atoms with E-state index < -0.39 is 29.3 Å². The van der Waals surface area contributed by atoms with Crippen molar-refractivity contribution < 1.29 is 24.9 Å². The number of carbonyl (C=O) groups is 2. The SMILES string of the molecule is CC(C)(CO)[C@@H](O)C(=O)N[C@H]1CCC[C@H](C(=O)[O-])C1. The fraction of sp³-hybridized carbons (Fsp3) is 0.846. The predicted molar refractivity (Wildman–Crippen MR) is 65.8 cm³/mol. The van der Waals surface area contributed by atoms with E-state index in [2.05, 4.69) is 5.32 Å². The molecule has 1 aliphatic carbocycles. The van der Waals surface area contributed by atoms with Crippen LogP contribution in [0.1, 0.15) is 39.5 Å². The monoisotopic (exact) mass is 272 g/mol. The van der Waals surface area contributed by atoms with Gasteiger partial charge in [0.1, 0.15) is 6.10 Å². The van der Waals surface area contributed by atoms with Gasteiger partial charge in [0.25, 0.3) is 0 Å². The molecule has 0 radical (unpaired) electrons. The Balaban J connectivity index is 2.55. The summed E-state index contributed by atoms with van der Waals surface area (Å²) in [5.41, 5.74) is -0.924. The van der Waals surface area contributed by atoms with E-state index in [-0.39, 0.29) is 12.6 Å². The second kappa shape index (κ2) is 6.34. The first-order chi connectivity index (χ1) is 8.77. The quantitative estimate of drug-likeness (QED) is 0.582. The largest absolute Gasteiger partial charge is 0.550 e. The molecule has 6 nitrogen and oxygen atoms in total. The van der Waals surface area contributed by atoms with Crippen LogP contribution in [-0.4, -0.2) is 40.8 Å². The Labute approximate surface area is 112 Å². The summed E-state index contributed by atoms with van der Waals surface area (Å²) >= 11 is 0. The number of rotatable bonds is 5. The zero-order valence-electron chi connectivity index (χ0n) is 11.4. The summed E-state index contributed by atoms with van der Waals surface area (Å²) in [5, 5.41) is 32.4. The maximum atomic E-state index is 11.9. The van der Waals surface area contributed by atoms with E-state index >= 15 is 0 Å². The lowest BCUT2D eigenvalue weighted by molar-refractivity contribution is -0.312. The third kappa shape index (κ3) is 4.18. The molecule has 110 valence electrons. The summed E-state index contributed by atoms with van der Waals surface area (Å²) in [6.45, 7) is 2.86. The van der Waals surface area contributed by atoms with Crippen LogP contribution in [0.15, 0.2) is 0 Å². The van der Waals surface area contributed by atoms with E-state index in [9.17, 15) is 19.8 Å². The standard InChI is InChI=1S/C13H23NO5/c1-13(2,7-15)10(16)11(17)14-9-5-3-4-8(6-9)12(18)19/h8-10,15-16H,3-7H2,1-2H3,(H,14,17)(H,18,19)/p-1/t8-,9-,10-/m0/s1. The van der Waals surface area contributed by atoms with E-state index in [0.29, 0.717) is 25.7 Å². The number of nitrogens with one attached hydrogen (secondary N) is 1. The first-order valence-electron chi connectivity index (χ1n) is 6.58. The minimum Gasteiger partial charge on any atom is -0.550 e. The fourth-order valence-electron chi connectivity index (χ4n) is 2.26.